The first-order valence-electron chi connectivity index (χ1n) is 9.21. The van der Waals surface area contributed by atoms with E-state index in [1.54, 1.807) is 25.4 Å². The number of aromatic nitrogens is 2. The highest BCUT2D eigenvalue weighted by atomic mass is 16.5. The quantitative estimate of drug-likeness (QED) is 0.651. The summed E-state index contributed by atoms with van der Waals surface area (Å²) in [6, 6.07) is 14.8. The summed E-state index contributed by atoms with van der Waals surface area (Å²) >= 11 is 0. The van der Waals surface area contributed by atoms with Gasteiger partial charge in [0.15, 0.2) is 0 Å². The number of hydrogen-bond donors (Lipinski definition) is 1. The second-order valence-electron chi connectivity index (χ2n) is 6.38. The van der Waals surface area contributed by atoms with Crippen molar-refractivity contribution in [2.75, 3.05) is 13.7 Å². The summed E-state index contributed by atoms with van der Waals surface area (Å²) in [4.78, 5) is 17.5. The number of ether oxygens (including phenoxy) is 2. The number of hydrogen-bond acceptors (Lipinski definition) is 4. The lowest BCUT2D eigenvalue weighted by Gasteiger charge is -2.19. The van der Waals surface area contributed by atoms with E-state index in [0.29, 0.717) is 24.5 Å². The van der Waals surface area contributed by atoms with E-state index in [-0.39, 0.29) is 11.9 Å². The number of imidazole rings is 1. The number of nitrogens with one attached hydrogen (secondary N) is 1. The Bertz CT molecular complexity index is 922. The fourth-order valence-corrected chi connectivity index (χ4v) is 3.06. The molecule has 0 fully saturated rings. The number of nitrogens with zero attached hydrogens (tertiary/aromatic N) is 2. The molecule has 28 heavy (non-hydrogen) atoms. The number of aryl methyl sites for hydroxylation is 1. The first kappa shape index (κ1) is 19.6. The Labute approximate surface area is 165 Å². The minimum absolute atomic E-state index is 0.183. The summed E-state index contributed by atoms with van der Waals surface area (Å²) in [7, 11) is 3.52. The van der Waals surface area contributed by atoms with Gasteiger partial charge in [0.2, 0.25) is 0 Å². The summed E-state index contributed by atoms with van der Waals surface area (Å²) in [6.45, 7) is 2.91. The van der Waals surface area contributed by atoms with Crippen LogP contribution in [-0.4, -0.2) is 29.2 Å². The molecule has 0 aliphatic rings. The van der Waals surface area contributed by atoms with E-state index in [9.17, 15) is 4.79 Å². The predicted molar refractivity (Wildman–Crippen MR) is 107 cm³/mol. The molecule has 0 saturated heterocycles. The molecule has 0 radical (unpaired) electrons. The molecule has 0 unspecified atom stereocenters. The van der Waals surface area contributed by atoms with Crippen LogP contribution in [0.4, 0.5) is 0 Å². The molecular weight excluding hydrogens is 354 g/mol. The molecule has 1 heterocycles. The molecule has 6 heteroatoms. The first-order valence-corrected chi connectivity index (χ1v) is 9.21. The summed E-state index contributed by atoms with van der Waals surface area (Å²) < 4.78 is 12.8. The van der Waals surface area contributed by atoms with Gasteiger partial charge in [0.05, 0.1) is 13.7 Å². The van der Waals surface area contributed by atoms with E-state index in [0.717, 1.165) is 17.0 Å². The Kier molecular flexibility index (Phi) is 6.45. The molecule has 3 rings (SSSR count). The topological polar surface area (TPSA) is 65.4 Å². The van der Waals surface area contributed by atoms with Gasteiger partial charge < -0.3 is 19.4 Å². The molecule has 6 nitrogen and oxygen atoms in total. The minimum Gasteiger partial charge on any atom is -0.496 e. The average Bonchev–Trinajstić information content (AvgIpc) is 3.16. The van der Waals surface area contributed by atoms with E-state index in [4.69, 9.17) is 9.47 Å². The third kappa shape index (κ3) is 4.40. The molecule has 146 valence electrons. The van der Waals surface area contributed by atoms with E-state index in [1.165, 1.54) is 0 Å². The number of benzene rings is 2. The highest BCUT2D eigenvalue weighted by molar-refractivity contribution is 5.95. The smallest absolute Gasteiger partial charge is 0.252 e. The van der Waals surface area contributed by atoms with E-state index < -0.39 is 0 Å². The fourth-order valence-electron chi connectivity index (χ4n) is 3.06. The Morgan fingerprint density at radius 2 is 2.00 bits per heavy atom. The van der Waals surface area contributed by atoms with Gasteiger partial charge in [0.1, 0.15) is 17.6 Å². The van der Waals surface area contributed by atoms with Crippen molar-refractivity contribution in [3.63, 3.8) is 0 Å². The predicted octanol–water partition coefficient (Wildman–Crippen LogP) is 3.48. The van der Waals surface area contributed by atoms with Crippen LogP contribution in [0.3, 0.4) is 0 Å². The zero-order chi connectivity index (χ0) is 19.9. The van der Waals surface area contributed by atoms with Crippen molar-refractivity contribution < 1.29 is 14.3 Å². The molecule has 1 atom stereocenters. The van der Waals surface area contributed by atoms with Crippen molar-refractivity contribution >= 4 is 5.91 Å². The van der Waals surface area contributed by atoms with Crippen LogP contribution < -0.4 is 10.1 Å². The molecule has 0 aliphatic heterocycles. The highest BCUT2D eigenvalue weighted by Gasteiger charge is 2.21. The second kappa shape index (κ2) is 9.19. The van der Waals surface area contributed by atoms with Crippen LogP contribution in [0.5, 0.6) is 5.75 Å². The molecule has 3 aromatic rings. The number of rotatable bonds is 8. The lowest BCUT2D eigenvalue weighted by molar-refractivity contribution is 0.0940. The number of methoxy groups -OCH3 is 1. The summed E-state index contributed by atoms with van der Waals surface area (Å²) in [6.07, 6.45) is 3.59. The van der Waals surface area contributed by atoms with Crippen LogP contribution in [0.25, 0.3) is 0 Å². The van der Waals surface area contributed by atoms with Gasteiger partial charge in [0.25, 0.3) is 5.91 Å². The maximum absolute atomic E-state index is 13.0. The lowest BCUT2D eigenvalue weighted by Crippen LogP contribution is -2.31. The van der Waals surface area contributed by atoms with Gasteiger partial charge in [-0.2, -0.15) is 0 Å². The van der Waals surface area contributed by atoms with Gasteiger partial charge in [-0.05, 0) is 30.7 Å². The standard InChI is InChI=1S/C22H25N3O3/c1-4-28-15-18-14-17(10-11-19(18)27-3)22(26)24-20(16-8-6-5-7-9-16)21-23-12-13-25(21)2/h5-14,20H,4,15H2,1-3H3,(H,24,26)/t20-/m0/s1. The van der Waals surface area contributed by atoms with E-state index in [2.05, 4.69) is 10.3 Å². The number of amides is 1. The van der Waals surface area contributed by atoms with E-state index >= 15 is 0 Å². The number of carbonyl (C=O) groups excluding carboxylic acids is 1. The van der Waals surface area contributed by atoms with E-state index in [1.807, 2.05) is 61.1 Å². The van der Waals surface area contributed by atoms with Crippen LogP contribution in [0.15, 0.2) is 60.9 Å². The maximum atomic E-state index is 13.0. The van der Waals surface area contributed by atoms with Gasteiger partial charge in [-0.15, -0.1) is 0 Å². The number of carbonyl (C=O) groups is 1. The second-order valence-corrected chi connectivity index (χ2v) is 6.38. The van der Waals surface area contributed by atoms with Crippen LogP contribution in [0, 0.1) is 0 Å². The Morgan fingerprint density at radius 3 is 2.64 bits per heavy atom. The highest BCUT2D eigenvalue weighted by Crippen LogP contribution is 2.23. The van der Waals surface area contributed by atoms with Crippen LogP contribution in [0.1, 0.15) is 40.3 Å². The summed E-state index contributed by atoms with van der Waals surface area (Å²) in [5.74, 6) is 1.29. The maximum Gasteiger partial charge on any atom is 0.252 e. The Morgan fingerprint density at radius 1 is 1.21 bits per heavy atom. The molecule has 0 spiro atoms. The normalized spacial score (nSPS) is 11.8. The van der Waals surface area contributed by atoms with Crippen molar-refractivity contribution in [2.45, 2.75) is 19.6 Å². The molecule has 0 saturated carbocycles. The van der Waals surface area contributed by atoms with Gasteiger partial charge in [0, 0.05) is 37.2 Å². The monoisotopic (exact) mass is 379 g/mol. The molecule has 1 aromatic heterocycles. The third-order valence-electron chi connectivity index (χ3n) is 4.53. The SMILES string of the molecule is CCOCc1cc(C(=O)N[C@@H](c2ccccc2)c2nccn2C)ccc1OC. The Balaban J connectivity index is 1.89. The zero-order valence-corrected chi connectivity index (χ0v) is 16.4. The third-order valence-corrected chi connectivity index (χ3v) is 4.53. The van der Waals surface area contributed by atoms with Gasteiger partial charge in [-0.1, -0.05) is 30.3 Å². The lowest BCUT2D eigenvalue weighted by atomic mass is 10.0. The zero-order valence-electron chi connectivity index (χ0n) is 16.4. The molecule has 0 aliphatic carbocycles. The van der Waals surface area contributed by atoms with Crippen molar-refractivity contribution in [2.24, 2.45) is 7.05 Å². The van der Waals surface area contributed by atoms with Gasteiger partial charge in [-0.25, -0.2) is 4.98 Å². The van der Waals surface area contributed by atoms with Gasteiger partial charge >= 0.3 is 0 Å². The van der Waals surface area contributed by atoms with Crippen LogP contribution in [0.2, 0.25) is 0 Å². The molecule has 0 bridgehead atoms. The first-order chi connectivity index (χ1) is 13.6. The van der Waals surface area contributed by atoms with Crippen LogP contribution >= 0.6 is 0 Å². The summed E-state index contributed by atoms with van der Waals surface area (Å²) in [5.41, 5.74) is 2.35. The van der Waals surface area contributed by atoms with Crippen LogP contribution in [-0.2, 0) is 18.4 Å². The van der Waals surface area contributed by atoms with Crippen molar-refractivity contribution in [1.29, 1.82) is 0 Å². The van der Waals surface area contributed by atoms with Gasteiger partial charge in [-0.3, -0.25) is 4.79 Å². The molecule has 1 N–H and O–H groups in total. The largest absolute Gasteiger partial charge is 0.496 e. The van der Waals surface area contributed by atoms with Crippen molar-refractivity contribution in [3.05, 3.63) is 83.4 Å². The Hall–Kier alpha value is -3.12. The minimum atomic E-state index is -0.355. The molecular formula is C22H25N3O3. The van der Waals surface area contributed by atoms with Crippen molar-refractivity contribution in [3.8, 4) is 5.75 Å². The van der Waals surface area contributed by atoms with Crippen molar-refractivity contribution in [1.82, 2.24) is 14.9 Å². The molecule has 2 aromatic carbocycles. The summed E-state index contributed by atoms with van der Waals surface area (Å²) in [5, 5.41) is 3.11. The molecule has 1 amide bonds. The fraction of sp³-hybridized carbons (Fsp3) is 0.273. The average molecular weight is 379 g/mol.